The quantitative estimate of drug-likeness (QED) is 0.645. The van der Waals surface area contributed by atoms with Gasteiger partial charge in [-0.1, -0.05) is 11.8 Å². The maximum absolute atomic E-state index is 10.2. The van der Waals surface area contributed by atoms with Crippen LogP contribution in [0.2, 0.25) is 0 Å². The molecule has 1 aliphatic rings. The molecule has 0 spiro atoms. The lowest BCUT2D eigenvalue weighted by Gasteiger charge is -2.10. The number of nitrogens with zero attached hydrogens (tertiary/aromatic N) is 2. The Kier molecular flexibility index (Phi) is 2.76. The number of amidine groups is 1. The van der Waals surface area contributed by atoms with E-state index in [0.29, 0.717) is 0 Å². The van der Waals surface area contributed by atoms with Crippen molar-refractivity contribution in [3.63, 3.8) is 0 Å². The van der Waals surface area contributed by atoms with Crippen molar-refractivity contribution in [2.24, 2.45) is 4.99 Å². The van der Waals surface area contributed by atoms with Gasteiger partial charge in [0.2, 0.25) is 0 Å². The first-order valence-electron chi connectivity index (χ1n) is 3.30. The lowest BCUT2D eigenvalue weighted by Crippen LogP contribution is -2.21. The summed E-state index contributed by atoms with van der Waals surface area (Å²) in [6.07, 6.45) is 0. The summed E-state index contributed by atoms with van der Waals surface area (Å²) in [7, 11) is 1.92. The van der Waals surface area contributed by atoms with Gasteiger partial charge in [0.1, 0.15) is 0 Å². The van der Waals surface area contributed by atoms with Crippen LogP contribution in [0.5, 0.6) is 0 Å². The summed E-state index contributed by atoms with van der Waals surface area (Å²) in [5.41, 5.74) is 0. The molecule has 0 aromatic rings. The Bertz CT molecular complexity index is 193. The summed E-state index contributed by atoms with van der Waals surface area (Å²) in [4.78, 5) is 16.3. The molecule has 0 aliphatic carbocycles. The Morgan fingerprint density at radius 2 is 2.64 bits per heavy atom. The lowest BCUT2D eigenvalue weighted by molar-refractivity contribution is -0.133. The number of carboxylic acid groups (broad SMARTS) is 1. The van der Waals surface area contributed by atoms with Crippen LogP contribution < -0.4 is 0 Å². The molecule has 0 bridgehead atoms. The van der Waals surface area contributed by atoms with Crippen LogP contribution in [0.3, 0.4) is 0 Å². The maximum Gasteiger partial charge on any atom is 0.313 e. The number of hydrogen-bond acceptors (Lipinski definition) is 4. The smallest absolute Gasteiger partial charge is 0.313 e. The van der Waals surface area contributed by atoms with Gasteiger partial charge in [0.25, 0.3) is 0 Å². The molecule has 0 aromatic carbocycles. The summed E-state index contributed by atoms with van der Waals surface area (Å²) in [5, 5.41) is 9.21. The van der Waals surface area contributed by atoms with E-state index in [9.17, 15) is 4.79 Å². The normalized spacial score (nSPS) is 16.8. The molecule has 1 rings (SSSR count). The first kappa shape index (κ1) is 8.39. The van der Waals surface area contributed by atoms with Crippen molar-refractivity contribution in [2.45, 2.75) is 0 Å². The molecule has 0 amide bonds. The number of carbonyl (C=O) groups is 1. The zero-order valence-corrected chi connectivity index (χ0v) is 7.10. The first-order valence-corrected chi connectivity index (χ1v) is 4.29. The molecule has 11 heavy (non-hydrogen) atoms. The Balaban J connectivity index is 2.31. The van der Waals surface area contributed by atoms with Crippen LogP contribution in [0.1, 0.15) is 0 Å². The number of rotatable bonds is 2. The van der Waals surface area contributed by atoms with E-state index in [2.05, 4.69) is 4.99 Å². The molecule has 62 valence electrons. The predicted molar refractivity (Wildman–Crippen MR) is 45.0 cm³/mol. The molecular weight excluding hydrogens is 164 g/mol. The van der Waals surface area contributed by atoms with E-state index in [1.807, 2.05) is 11.9 Å². The molecule has 1 heterocycles. The second kappa shape index (κ2) is 3.61. The van der Waals surface area contributed by atoms with Crippen molar-refractivity contribution in [1.82, 2.24) is 4.90 Å². The van der Waals surface area contributed by atoms with Gasteiger partial charge < -0.3 is 10.0 Å². The minimum absolute atomic E-state index is 0.100. The zero-order chi connectivity index (χ0) is 8.27. The zero-order valence-electron chi connectivity index (χ0n) is 6.28. The molecule has 0 saturated carbocycles. The SMILES string of the molecule is CN1CCN=C1SCC(=O)O. The Labute approximate surface area is 69.3 Å². The highest BCUT2D eigenvalue weighted by atomic mass is 32.2. The van der Waals surface area contributed by atoms with Crippen LogP contribution in [-0.4, -0.2) is 47.0 Å². The third-order valence-corrected chi connectivity index (χ3v) is 2.42. The van der Waals surface area contributed by atoms with Crippen LogP contribution in [-0.2, 0) is 4.79 Å². The van der Waals surface area contributed by atoms with Crippen LogP contribution in [0.25, 0.3) is 0 Å². The highest BCUT2D eigenvalue weighted by Crippen LogP contribution is 2.11. The van der Waals surface area contributed by atoms with Crippen molar-refractivity contribution in [2.75, 3.05) is 25.9 Å². The molecule has 4 nitrogen and oxygen atoms in total. The van der Waals surface area contributed by atoms with Gasteiger partial charge in [0.05, 0.1) is 12.3 Å². The highest BCUT2D eigenvalue weighted by molar-refractivity contribution is 8.14. The predicted octanol–water partition coefficient (Wildman–Crippen LogP) is 0.106. The number of thioether (sulfide) groups is 1. The van der Waals surface area contributed by atoms with E-state index >= 15 is 0 Å². The second-order valence-corrected chi connectivity index (χ2v) is 3.21. The van der Waals surface area contributed by atoms with E-state index in [1.54, 1.807) is 0 Å². The van der Waals surface area contributed by atoms with Gasteiger partial charge in [-0.3, -0.25) is 9.79 Å². The molecule has 0 atom stereocenters. The van der Waals surface area contributed by atoms with E-state index in [0.717, 1.165) is 18.3 Å². The minimum Gasteiger partial charge on any atom is -0.481 e. The Morgan fingerprint density at radius 3 is 3.09 bits per heavy atom. The first-order chi connectivity index (χ1) is 5.20. The monoisotopic (exact) mass is 174 g/mol. The molecule has 0 fully saturated rings. The summed E-state index contributed by atoms with van der Waals surface area (Å²) in [5.74, 6) is -0.693. The Hall–Kier alpha value is -0.710. The third-order valence-electron chi connectivity index (χ3n) is 1.33. The summed E-state index contributed by atoms with van der Waals surface area (Å²) < 4.78 is 0. The van der Waals surface area contributed by atoms with Gasteiger partial charge in [0.15, 0.2) is 5.17 Å². The van der Waals surface area contributed by atoms with Gasteiger partial charge in [-0.15, -0.1) is 0 Å². The fourth-order valence-corrected chi connectivity index (χ4v) is 1.54. The lowest BCUT2D eigenvalue weighted by atomic mass is 10.6. The molecule has 5 heteroatoms. The summed E-state index contributed by atoms with van der Waals surface area (Å²) in [6, 6.07) is 0. The fourth-order valence-electron chi connectivity index (χ4n) is 0.794. The summed E-state index contributed by atoms with van der Waals surface area (Å²) >= 11 is 1.28. The molecule has 0 unspecified atom stereocenters. The highest BCUT2D eigenvalue weighted by Gasteiger charge is 2.13. The van der Waals surface area contributed by atoms with Gasteiger partial charge in [-0.25, -0.2) is 0 Å². The van der Waals surface area contributed by atoms with Crippen LogP contribution in [0.15, 0.2) is 4.99 Å². The number of carboxylic acids is 1. The van der Waals surface area contributed by atoms with Crippen molar-refractivity contribution >= 4 is 22.9 Å². The molecule has 0 saturated heterocycles. The third kappa shape index (κ3) is 2.42. The topological polar surface area (TPSA) is 52.9 Å². The average molecular weight is 174 g/mol. The molecule has 1 aliphatic heterocycles. The average Bonchev–Trinajstić information content (AvgIpc) is 2.31. The fraction of sp³-hybridized carbons (Fsp3) is 0.667. The minimum atomic E-state index is -0.794. The summed E-state index contributed by atoms with van der Waals surface area (Å²) in [6.45, 7) is 1.69. The van der Waals surface area contributed by atoms with Crippen molar-refractivity contribution in [3.05, 3.63) is 0 Å². The number of aliphatic imine (C=N–C) groups is 1. The molecule has 0 aromatic heterocycles. The van der Waals surface area contributed by atoms with Crippen LogP contribution in [0, 0.1) is 0 Å². The van der Waals surface area contributed by atoms with E-state index in [-0.39, 0.29) is 5.75 Å². The van der Waals surface area contributed by atoms with Gasteiger partial charge in [0, 0.05) is 13.6 Å². The molecular formula is C6H10N2O2S. The van der Waals surface area contributed by atoms with Crippen molar-refractivity contribution in [3.8, 4) is 0 Å². The second-order valence-electron chi connectivity index (χ2n) is 2.27. The van der Waals surface area contributed by atoms with Gasteiger partial charge >= 0.3 is 5.97 Å². The number of aliphatic carboxylic acids is 1. The van der Waals surface area contributed by atoms with Crippen molar-refractivity contribution in [1.29, 1.82) is 0 Å². The standard InChI is InChI=1S/C6H10N2O2S/c1-8-3-2-7-6(8)11-4-5(9)10/h2-4H2,1H3,(H,9,10). The van der Waals surface area contributed by atoms with E-state index in [4.69, 9.17) is 5.11 Å². The van der Waals surface area contributed by atoms with E-state index in [1.165, 1.54) is 11.8 Å². The largest absolute Gasteiger partial charge is 0.481 e. The number of hydrogen-bond donors (Lipinski definition) is 1. The van der Waals surface area contributed by atoms with Crippen molar-refractivity contribution < 1.29 is 9.90 Å². The molecule has 0 radical (unpaired) electrons. The molecule has 1 N–H and O–H groups in total. The van der Waals surface area contributed by atoms with Gasteiger partial charge in [-0.05, 0) is 0 Å². The van der Waals surface area contributed by atoms with Crippen LogP contribution >= 0.6 is 11.8 Å². The maximum atomic E-state index is 10.2. The van der Waals surface area contributed by atoms with Crippen LogP contribution in [0.4, 0.5) is 0 Å². The number of likely N-dealkylation sites (N-methyl/N-ethyl adjacent to an activating group) is 1. The Morgan fingerprint density at radius 1 is 1.91 bits per heavy atom. The van der Waals surface area contributed by atoms with Gasteiger partial charge in [-0.2, -0.15) is 0 Å². The van der Waals surface area contributed by atoms with E-state index < -0.39 is 5.97 Å².